The quantitative estimate of drug-likeness (QED) is 0.857. The summed E-state index contributed by atoms with van der Waals surface area (Å²) >= 11 is 0. The Morgan fingerprint density at radius 2 is 1.71 bits per heavy atom. The molecule has 0 unspecified atom stereocenters. The Morgan fingerprint density at radius 3 is 2.33 bits per heavy atom. The van der Waals surface area contributed by atoms with Crippen molar-refractivity contribution in [2.45, 2.75) is 27.3 Å². The minimum absolute atomic E-state index is 0.0214. The van der Waals surface area contributed by atoms with Crippen LogP contribution in [-0.4, -0.2) is 18.4 Å². The monoisotopic (exact) mass is 326 g/mol. The van der Waals surface area contributed by atoms with E-state index in [-0.39, 0.29) is 18.4 Å². The predicted octanol–water partition coefficient (Wildman–Crippen LogP) is 2.96. The number of amides is 2. The van der Waals surface area contributed by atoms with Crippen LogP contribution in [0.5, 0.6) is 5.75 Å². The van der Waals surface area contributed by atoms with E-state index in [0.29, 0.717) is 12.3 Å². The van der Waals surface area contributed by atoms with Gasteiger partial charge in [0.15, 0.2) is 6.61 Å². The highest BCUT2D eigenvalue weighted by Gasteiger charge is 2.04. The van der Waals surface area contributed by atoms with Gasteiger partial charge in [0, 0.05) is 19.2 Å². The van der Waals surface area contributed by atoms with Crippen LogP contribution in [0, 0.1) is 13.8 Å². The van der Waals surface area contributed by atoms with Crippen LogP contribution in [0.3, 0.4) is 0 Å². The molecule has 0 bridgehead atoms. The van der Waals surface area contributed by atoms with Crippen molar-refractivity contribution in [3.05, 3.63) is 59.2 Å². The van der Waals surface area contributed by atoms with Gasteiger partial charge >= 0.3 is 0 Å². The summed E-state index contributed by atoms with van der Waals surface area (Å²) in [5.74, 6) is 0.395. The molecule has 5 heteroatoms. The zero-order chi connectivity index (χ0) is 17.5. The minimum atomic E-state index is -0.181. The summed E-state index contributed by atoms with van der Waals surface area (Å²) in [5.41, 5.74) is 4.00. The molecule has 2 aromatic carbocycles. The first-order chi connectivity index (χ1) is 11.4. The predicted molar refractivity (Wildman–Crippen MR) is 94.0 cm³/mol. The Bertz CT molecular complexity index is 724. The Hall–Kier alpha value is -2.82. The second-order valence-corrected chi connectivity index (χ2v) is 5.69. The summed E-state index contributed by atoms with van der Waals surface area (Å²) in [7, 11) is 0. The molecule has 0 saturated carbocycles. The van der Waals surface area contributed by atoms with Crippen LogP contribution in [0.2, 0.25) is 0 Å². The highest BCUT2D eigenvalue weighted by atomic mass is 16.5. The van der Waals surface area contributed by atoms with Gasteiger partial charge in [0.25, 0.3) is 5.91 Å². The Morgan fingerprint density at radius 1 is 1.00 bits per heavy atom. The van der Waals surface area contributed by atoms with Gasteiger partial charge in [0.2, 0.25) is 5.91 Å². The minimum Gasteiger partial charge on any atom is -0.484 e. The molecule has 24 heavy (non-hydrogen) atoms. The van der Waals surface area contributed by atoms with Gasteiger partial charge in [-0.25, -0.2) is 0 Å². The van der Waals surface area contributed by atoms with Gasteiger partial charge in [-0.05, 0) is 54.8 Å². The van der Waals surface area contributed by atoms with Crippen molar-refractivity contribution in [1.29, 1.82) is 0 Å². The van der Waals surface area contributed by atoms with Crippen LogP contribution in [0.25, 0.3) is 0 Å². The van der Waals surface area contributed by atoms with Crippen molar-refractivity contribution >= 4 is 17.5 Å². The van der Waals surface area contributed by atoms with Crippen LogP contribution in [0.4, 0.5) is 5.69 Å². The van der Waals surface area contributed by atoms with Crippen molar-refractivity contribution in [1.82, 2.24) is 5.32 Å². The lowest BCUT2D eigenvalue weighted by molar-refractivity contribution is -0.123. The van der Waals surface area contributed by atoms with Crippen LogP contribution >= 0.6 is 0 Å². The molecule has 0 spiro atoms. The van der Waals surface area contributed by atoms with Crippen LogP contribution < -0.4 is 15.4 Å². The number of carbonyl (C=O) groups is 2. The van der Waals surface area contributed by atoms with Gasteiger partial charge in [-0.3, -0.25) is 9.59 Å². The fourth-order valence-electron chi connectivity index (χ4n) is 2.11. The number of hydrogen-bond acceptors (Lipinski definition) is 3. The van der Waals surface area contributed by atoms with E-state index in [4.69, 9.17) is 4.74 Å². The summed E-state index contributed by atoms with van der Waals surface area (Å²) in [4.78, 5) is 22.8. The number of hydrogen-bond donors (Lipinski definition) is 2. The molecule has 2 amide bonds. The largest absolute Gasteiger partial charge is 0.484 e. The van der Waals surface area contributed by atoms with E-state index in [1.807, 2.05) is 44.2 Å². The summed E-state index contributed by atoms with van der Waals surface area (Å²) in [6.45, 7) is 5.89. The Balaban J connectivity index is 1.78. The molecular formula is C19H22N2O3. The first kappa shape index (κ1) is 17.5. The second kappa shape index (κ2) is 8.15. The molecular weight excluding hydrogens is 304 g/mol. The van der Waals surface area contributed by atoms with Crippen molar-refractivity contribution in [3.8, 4) is 5.75 Å². The van der Waals surface area contributed by atoms with Gasteiger partial charge in [-0.1, -0.05) is 18.2 Å². The topological polar surface area (TPSA) is 67.4 Å². The first-order valence-electron chi connectivity index (χ1n) is 7.77. The second-order valence-electron chi connectivity index (χ2n) is 5.69. The molecule has 2 N–H and O–H groups in total. The molecule has 0 heterocycles. The van der Waals surface area contributed by atoms with Crippen molar-refractivity contribution in [2.24, 2.45) is 0 Å². The standard InChI is InChI=1S/C19H22N2O3/c1-13-4-9-18(10-14(13)2)24-12-19(23)20-11-16-5-7-17(8-6-16)21-15(3)22/h4-10H,11-12H2,1-3H3,(H,20,23)(H,21,22). The summed E-state index contributed by atoms with van der Waals surface area (Å²) in [6.07, 6.45) is 0. The fraction of sp³-hybridized carbons (Fsp3) is 0.263. The number of ether oxygens (including phenoxy) is 1. The third-order valence-corrected chi connectivity index (χ3v) is 3.61. The maximum Gasteiger partial charge on any atom is 0.258 e. The number of nitrogens with one attached hydrogen (secondary N) is 2. The van der Waals surface area contributed by atoms with E-state index in [0.717, 1.165) is 16.8 Å². The van der Waals surface area contributed by atoms with E-state index in [1.54, 1.807) is 12.1 Å². The summed E-state index contributed by atoms with van der Waals surface area (Å²) in [5, 5.41) is 5.50. The number of aryl methyl sites for hydroxylation is 2. The normalized spacial score (nSPS) is 10.1. The fourth-order valence-corrected chi connectivity index (χ4v) is 2.11. The highest BCUT2D eigenvalue weighted by molar-refractivity contribution is 5.88. The van der Waals surface area contributed by atoms with E-state index in [2.05, 4.69) is 10.6 Å². The summed E-state index contributed by atoms with van der Waals surface area (Å²) in [6, 6.07) is 13.1. The van der Waals surface area contributed by atoms with Gasteiger partial charge in [-0.15, -0.1) is 0 Å². The molecule has 5 nitrogen and oxygen atoms in total. The molecule has 0 aliphatic carbocycles. The van der Waals surface area contributed by atoms with E-state index >= 15 is 0 Å². The third kappa shape index (κ3) is 5.43. The average molecular weight is 326 g/mol. The zero-order valence-corrected chi connectivity index (χ0v) is 14.2. The Kier molecular flexibility index (Phi) is 5.95. The molecule has 0 radical (unpaired) electrons. The smallest absolute Gasteiger partial charge is 0.258 e. The van der Waals surface area contributed by atoms with Gasteiger partial charge in [0.05, 0.1) is 0 Å². The van der Waals surface area contributed by atoms with Crippen molar-refractivity contribution in [3.63, 3.8) is 0 Å². The number of carbonyl (C=O) groups excluding carboxylic acids is 2. The molecule has 0 fully saturated rings. The maximum absolute atomic E-state index is 11.9. The number of benzene rings is 2. The van der Waals surface area contributed by atoms with Gasteiger partial charge in [-0.2, -0.15) is 0 Å². The molecule has 0 aliphatic heterocycles. The molecule has 0 aromatic heterocycles. The highest BCUT2D eigenvalue weighted by Crippen LogP contribution is 2.16. The van der Waals surface area contributed by atoms with E-state index in [9.17, 15) is 9.59 Å². The molecule has 2 rings (SSSR count). The number of rotatable bonds is 6. The van der Waals surface area contributed by atoms with Crippen molar-refractivity contribution < 1.29 is 14.3 Å². The lowest BCUT2D eigenvalue weighted by Crippen LogP contribution is -2.28. The van der Waals surface area contributed by atoms with E-state index < -0.39 is 0 Å². The van der Waals surface area contributed by atoms with Crippen LogP contribution in [0.1, 0.15) is 23.6 Å². The molecule has 0 saturated heterocycles. The molecule has 0 atom stereocenters. The Labute approximate surface area is 142 Å². The van der Waals surface area contributed by atoms with Gasteiger partial charge in [0.1, 0.15) is 5.75 Å². The van der Waals surface area contributed by atoms with Crippen LogP contribution in [0.15, 0.2) is 42.5 Å². The molecule has 2 aromatic rings. The average Bonchev–Trinajstić information content (AvgIpc) is 2.55. The lowest BCUT2D eigenvalue weighted by atomic mass is 10.1. The number of anilines is 1. The lowest BCUT2D eigenvalue weighted by Gasteiger charge is -2.09. The first-order valence-corrected chi connectivity index (χ1v) is 7.77. The van der Waals surface area contributed by atoms with Gasteiger partial charge < -0.3 is 15.4 Å². The van der Waals surface area contributed by atoms with E-state index in [1.165, 1.54) is 12.5 Å². The van der Waals surface area contributed by atoms with Crippen molar-refractivity contribution in [2.75, 3.05) is 11.9 Å². The third-order valence-electron chi connectivity index (χ3n) is 3.61. The van der Waals surface area contributed by atoms with Crippen LogP contribution in [-0.2, 0) is 16.1 Å². The maximum atomic E-state index is 11.9. The molecule has 126 valence electrons. The SMILES string of the molecule is CC(=O)Nc1ccc(CNC(=O)COc2ccc(C)c(C)c2)cc1. The molecule has 0 aliphatic rings. The summed E-state index contributed by atoms with van der Waals surface area (Å²) < 4.78 is 5.50. The zero-order valence-electron chi connectivity index (χ0n) is 14.2.